The van der Waals surface area contributed by atoms with Crippen LogP contribution >= 0.6 is 0 Å². The Kier molecular flexibility index (Phi) is 4.75. The summed E-state index contributed by atoms with van der Waals surface area (Å²) in [7, 11) is 1.31. The topological polar surface area (TPSA) is 74.4 Å². The Morgan fingerprint density at radius 2 is 2.24 bits per heavy atom. The van der Waals surface area contributed by atoms with Crippen LogP contribution in [0.15, 0.2) is 12.3 Å². The number of esters is 1. The smallest absolute Gasteiger partial charge is 0.340 e. The third-order valence-electron chi connectivity index (χ3n) is 2.26. The van der Waals surface area contributed by atoms with Gasteiger partial charge in [-0.05, 0) is 12.3 Å². The van der Waals surface area contributed by atoms with E-state index in [2.05, 4.69) is 23.6 Å². The molecule has 0 fully saturated rings. The second-order valence-corrected chi connectivity index (χ2v) is 4.13. The first-order valence-corrected chi connectivity index (χ1v) is 5.51. The minimum Gasteiger partial charge on any atom is -0.478 e. The number of nitrogen functional groups attached to an aromatic ring is 1. The van der Waals surface area contributed by atoms with Gasteiger partial charge in [-0.25, -0.2) is 9.78 Å². The quantitative estimate of drug-likeness (QED) is 0.793. The Labute approximate surface area is 101 Å². The van der Waals surface area contributed by atoms with Crippen LogP contribution in [0.4, 0.5) is 5.69 Å². The summed E-state index contributed by atoms with van der Waals surface area (Å²) in [5.74, 6) is 0.461. The third kappa shape index (κ3) is 3.94. The van der Waals surface area contributed by atoms with Gasteiger partial charge in [-0.15, -0.1) is 0 Å². The van der Waals surface area contributed by atoms with Gasteiger partial charge in [0.05, 0.1) is 31.2 Å². The number of hydrogen-bond acceptors (Lipinski definition) is 5. The minimum absolute atomic E-state index is 0.280. The van der Waals surface area contributed by atoms with Crippen LogP contribution in [0.1, 0.15) is 30.6 Å². The Morgan fingerprint density at radius 3 is 2.82 bits per heavy atom. The zero-order valence-corrected chi connectivity index (χ0v) is 10.4. The average molecular weight is 238 g/mol. The van der Waals surface area contributed by atoms with Crippen LogP contribution in [0.5, 0.6) is 5.88 Å². The first kappa shape index (κ1) is 13.3. The molecule has 0 atom stereocenters. The second-order valence-electron chi connectivity index (χ2n) is 4.13. The summed E-state index contributed by atoms with van der Waals surface area (Å²) in [5.41, 5.74) is 6.19. The summed E-state index contributed by atoms with van der Waals surface area (Å²) >= 11 is 0. The van der Waals surface area contributed by atoms with Crippen LogP contribution < -0.4 is 10.5 Å². The molecule has 5 heteroatoms. The molecule has 1 heterocycles. The normalized spacial score (nSPS) is 10.4. The summed E-state index contributed by atoms with van der Waals surface area (Å²) in [5, 5.41) is 0. The van der Waals surface area contributed by atoms with E-state index in [0.717, 1.165) is 6.42 Å². The van der Waals surface area contributed by atoms with Crippen LogP contribution in [-0.4, -0.2) is 24.7 Å². The number of pyridine rings is 1. The fourth-order valence-corrected chi connectivity index (χ4v) is 1.21. The molecule has 0 aliphatic rings. The van der Waals surface area contributed by atoms with Gasteiger partial charge >= 0.3 is 5.97 Å². The molecule has 1 aromatic heterocycles. The van der Waals surface area contributed by atoms with Crippen molar-refractivity contribution in [2.75, 3.05) is 19.5 Å². The van der Waals surface area contributed by atoms with Gasteiger partial charge in [0.25, 0.3) is 0 Å². The van der Waals surface area contributed by atoms with Crippen molar-refractivity contribution >= 4 is 11.7 Å². The fourth-order valence-electron chi connectivity index (χ4n) is 1.21. The third-order valence-corrected chi connectivity index (χ3v) is 2.26. The number of rotatable bonds is 5. The summed E-state index contributed by atoms with van der Waals surface area (Å²) in [6.45, 7) is 4.79. The van der Waals surface area contributed by atoms with Crippen molar-refractivity contribution in [2.24, 2.45) is 5.92 Å². The zero-order chi connectivity index (χ0) is 12.8. The van der Waals surface area contributed by atoms with Crippen LogP contribution in [0, 0.1) is 5.92 Å². The summed E-state index contributed by atoms with van der Waals surface area (Å²) < 4.78 is 10.0. The van der Waals surface area contributed by atoms with Gasteiger partial charge in [0, 0.05) is 6.07 Å². The highest BCUT2D eigenvalue weighted by Crippen LogP contribution is 2.17. The summed E-state index contributed by atoms with van der Waals surface area (Å²) in [4.78, 5) is 15.4. The molecule has 17 heavy (non-hydrogen) atoms. The highest BCUT2D eigenvalue weighted by Gasteiger charge is 2.12. The second kappa shape index (κ2) is 6.08. The first-order chi connectivity index (χ1) is 8.04. The van der Waals surface area contributed by atoms with E-state index in [1.54, 1.807) is 0 Å². The largest absolute Gasteiger partial charge is 0.478 e. The molecule has 0 aliphatic heterocycles. The number of nitrogens with zero attached hydrogens (tertiary/aromatic N) is 1. The van der Waals surface area contributed by atoms with Gasteiger partial charge in [0.1, 0.15) is 0 Å². The monoisotopic (exact) mass is 238 g/mol. The van der Waals surface area contributed by atoms with Crippen molar-refractivity contribution in [3.8, 4) is 5.88 Å². The SMILES string of the molecule is COC(=O)c1cc(OCCC(C)C)ncc1N. The molecule has 0 bridgehead atoms. The Balaban J connectivity index is 2.71. The van der Waals surface area contributed by atoms with Crippen LogP contribution in [0.2, 0.25) is 0 Å². The minimum atomic E-state index is -0.487. The number of aromatic nitrogens is 1. The molecule has 2 N–H and O–H groups in total. The zero-order valence-electron chi connectivity index (χ0n) is 10.4. The maximum atomic E-state index is 11.4. The standard InChI is InChI=1S/C12H18N2O3/c1-8(2)4-5-17-11-6-9(12(15)16-3)10(13)7-14-11/h6-8H,4-5,13H2,1-3H3. The van der Waals surface area contributed by atoms with E-state index in [4.69, 9.17) is 10.5 Å². The van der Waals surface area contributed by atoms with E-state index in [1.807, 2.05) is 0 Å². The van der Waals surface area contributed by atoms with Crippen LogP contribution in [0.3, 0.4) is 0 Å². The van der Waals surface area contributed by atoms with Gasteiger partial charge in [0.15, 0.2) is 0 Å². The Bertz CT molecular complexity index is 391. The fraction of sp³-hybridized carbons (Fsp3) is 0.500. The Morgan fingerprint density at radius 1 is 1.53 bits per heavy atom. The molecule has 0 spiro atoms. The number of ether oxygens (including phenoxy) is 2. The predicted molar refractivity (Wildman–Crippen MR) is 64.9 cm³/mol. The molecule has 0 radical (unpaired) electrons. The predicted octanol–water partition coefficient (Wildman–Crippen LogP) is 1.88. The molecule has 1 aromatic rings. The van der Waals surface area contributed by atoms with Gasteiger partial charge in [0.2, 0.25) is 5.88 Å². The maximum Gasteiger partial charge on any atom is 0.340 e. The number of carbonyl (C=O) groups excluding carboxylic acids is 1. The van der Waals surface area contributed by atoms with E-state index in [0.29, 0.717) is 18.4 Å². The van der Waals surface area contributed by atoms with Gasteiger partial charge in [-0.2, -0.15) is 0 Å². The van der Waals surface area contributed by atoms with Crippen molar-refractivity contribution in [3.63, 3.8) is 0 Å². The molecular formula is C12H18N2O3. The number of nitrogens with two attached hydrogens (primary N) is 1. The molecule has 0 aromatic carbocycles. The van der Waals surface area contributed by atoms with E-state index in [1.165, 1.54) is 19.4 Å². The first-order valence-electron chi connectivity index (χ1n) is 5.51. The van der Waals surface area contributed by atoms with Crippen LogP contribution in [-0.2, 0) is 4.74 Å². The summed E-state index contributed by atoms with van der Waals surface area (Å²) in [6, 6.07) is 1.50. The van der Waals surface area contributed by atoms with E-state index in [-0.39, 0.29) is 11.3 Å². The highest BCUT2D eigenvalue weighted by atomic mass is 16.5. The van der Waals surface area contributed by atoms with Gasteiger partial charge in [-0.3, -0.25) is 0 Å². The number of methoxy groups -OCH3 is 1. The molecule has 0 unspecified atom stereocenters. The van der Waals surface area contributed by atoms with Crippen molar-refractivity contribution < 1.29 is 14.3 Å². The lowest BCUT2D eigenvalue weighted by molar-refractivity contribution is 0.0601. The Hall–Kier alpha value is -1.78. The lowest BCUT2D eigenvalue weighted by Gasteiger charge is -2.09. The number of hydrogen-bond donors (Lipinski definition) is 1. The summed E-state index contributed by atoms with van der Waals surface area (Å²) in [6.07, 6.45) is 2.33. The average Bonchev–Trinajstić information content (AvgIpc) is 2.30. The van der Waals surface area contributed by atoms with Crippen LogP contribution in [0.25, 0.3) is 0 Å². The highest BCUT2D eigenvalue weighted by molar-refractivity contribution is 5.95. The lowest BCUT2D eigenvalue weighted by Crippen LogP contribution is -2.08. The van der Waals surface area contributed by atoms with E-state index in [9.17, 15) is 4.79 Å². The van der Waals surface area contributed by atoms with E-state index >= 15 is 0 Å². The molecule has 0 saturated carbocycles. The number of anilines is 1. The molecular weight excluding hydrogens is 220 g/mol. The molecule has 0 amide bonds. The molecule has 5 nitrogen and oxygen atoms in total. The van der Waals surface area contributed by atoms with Crippen molar-refractivity contribution in [1.82, 2.24) is 4.98 Å². The number of carbonyl (C=O) groups is 1. The van der Waals surface area contributed by atoms with Gasteiger partial charge < -0.3 is 15.2 Å². The molecule has 94 valence electrons. The molecule has 0 aliphatic carbocycles. The lowest BCUT2D eigenvalue weighted by atomic mass is 10.1. The van der Waals surface area contributed by atoms with E-state index < -0.39 is 5.97 Å². The van der Waals surface area contributed by atoms with Gasteiger partial charge in [-0.1, -0.05) is 13.8 Å². The van der Waals surface area contributed by atoms with Crippen molar-refractivity contribution in [2.45, 2.75) is 20.3 Å². The van der Waals surface area contributed by atoms with Crippen molar-refractivity contribution in [1.29, 1.82) is 0 Å². The molecule has 1 rings (SSSR count). The molecule has 0 saturated heterocycles. The maximum absolute atomic E-state index is 11.4. The van der Waals surface area contributed by atoms with Crippen molar-refractivity contribution in [3.05, 3.63) is 17.8 Å².